The summed E-state index contributed by atoms with van der Waals surface area (Å²) >= 11 is 1.36. The molecule has 0 amide bonds. The third kappa shape index (κ3) is 5.30. The highest BCUT2D eigenvalue weighted by Crippen LogP contribution is 2.28. The lowest BCUT2D eigenvalue weighted by molar-refractivity contribution is -0.147. The number of rotatable bonds is 7. The molecule has 1 aliphatic heterocycles. The number of hydrogen-bond donors (Lipinski definition) is 1. The Kier molecular flexibility index (Phi) is 6.71. The number of hydrogen-bond acceptors (Lipinski definition) is 7. The van der Waals surface area contributed by atoms with E-state index in [1.165, 1.54) is 18.2 Å². The van der Waals surface area contributed by atoms with Gasteiger partial charge in [0.2, 0.25) is 0 Å². The Morgan fingerprint density at radius 2 is 1.93 bits per heavy atom. The standard InChI is InChI=1S/C21H27N3O4S/c25-16-10-8-15(9-11-16)20-22-23-21(24(20)13-18-7-4-12-27-18)29-14-19(26)28-17-5-2-1-3-6-17/h8-11,17-18,25H,1-7,12-14H2. The van der Waals surface area contributed by atoms with E-state index in [9.17, 15) is 9.90 Å². The minimum atomic E-state index is -0.195. The highest BCUT2D eigenvalue weighted by atomic mass is 32.2. The summed E-state index contributed by atoms with van der Waals surface area (Å²) in [6, 6.07) is 6.90. The molecule has 1 saturated heterocycles. The van der Waals surface area contributed by atoms with E-state index in [4.69, 9.17) is 9.47 Å². The minimum absolute atomic E-state index is 0.0640. The molecule has 1 saturated carbocycles. The van der Waals surface area contributed by atoms with Crippen molar-refractivity contribution in [2.45, 2.75) is 68.9 Å². The normalized spacial score (nSPS) is 20.1. The van der Waals surface area contributed by atoms with Crippen LogP contribution in [0.1, 0.15) is 44.9 Å². The molecule has 1 unspecified atom stereocenters. The number of phenolic OH excluding ortho intramolecular Hbond substituents is 1. The zero-order valence-corrected chi connectivity index (χ0v) is 17.3. The van der Waals surface area contributed by atoms with Crippen molar-refractivity contribution < 1.29 is 19.4 Å². The number of phenols is 1. The van der Waals surface area contributed by atoms with Crippen LogP contribution in [0.3, 0.4) is 0 Å². The number of esters is 1. The molecular formula is C21H27N3O4S. The van der Waals surface area contributed by atoms with E-state index >= 15 is 0 Å². The van der Waals surface area contributed by atoms with E-state index in [0.717, 1.165) is 50.7 Å². The van der Waals surface area contributed by atoms with Gasteiger partial charge in [-0.2, -0.15) is 0 Å². The summed E-state index contributed by atoms with van der Waals surface area (Å²) in [6.45, 7) is 1.42. The van der Waals surface area contributed by atoms with E-state index in [2.05, 4.69) is 10.2 Å². The van der Waals surface area contributed by atoms with Gasteiger partial charge in [0.25, 0.3) is 0 Å². The lowest BCUT2D eigenvalue weighted by atomic mass is 9.98. The maximum atomic E-state index is 12.3. The number of nitrogens with zero attached hydrogens (tertiary/aromatic N) is 3. The summed E-state index contributed by atoms with van der Waals surface area (Å²) in [5.41, 5.74) is 0.866. The van der Waals surface area contributed by atoms with Gasteiger partial charge in [0.1, 0.15) is 11.9 Å². The number of aromatic nitrogens is 3. The molecule has 1 aromatic carbocycles. The van der Waals surface area contributed by atoms with Gasteiger partial charge in [0, 0.05) is 12.2 Å². The van der Waals surface area contributed by atoms with Gasteiger partial charge in [-0.3, -0.25) is 9.36 Å². The third-order valence-corrected chi connectivity index (χ3v) is 6.36. The smallest absolute Gasteiger partial charge is 0.316 e. The highest BCUT2D eigenvalue weighted by Gasteiger charge is 2.23. The molecule has 156 valence electrons. The molecule has 1 aliphatic carbocycles. The Bertz CT molecular complexity index is 812. The summed E-state index contributed by atoms with van der Waals surface area (Å²) in [6.07, 6.45) is 7.68. The van der Waals surface area contributed by atoms with Gasteiger partial charge < -0.3 is 14.6 Å². The van der Waals surface area contributed by atoms with Crippen LogP contribution in [-0.4, -0.2) is 50.4 Å². The first-order chi connectivity index (χ1) is 14.2. The van der Waals surface area contributed by atoms with Crippen molar-refractivity contribution in [3.05, 3.63) is 24.3 Å². The van der Waals surface area contributed by atoms with Crippen LogP contribution in [0.15, 0.2) is 29.4 Å². The Morgan fingerprint density at radius 3 is 2.66 bits per heavy atom. The van der Waals surface area contributed by atoms with Crippen molar-refractivity contribution in [2.24, 2.45) is 0 Å². The van der Waals surface area contributed by atoms with E-state index in [1.54, 1.807) is 12.1 Å². The van der Waals surface area contributed by atoms with Crippen molar-refractivity contribution in [2.75, 3.05) is 12.4 Å². The first kappa shape index (κ1) is 20.2. The molecule has 2 fully saturated rings. The zero-order valence-electron chi connectivity index (χ0n) is 16.5. The SMILES string of the molecule is O=C(CSc1nnc(-c2ccc(O)cc2)n1CC1CCCO1)OC1CCCCC1. The highest BCUT2D eigenvalue weighted by molar-refractivity contribution is 7.99. The molecule has 2 aromatic rings. The van der Waals surface area contributed by atoms with Crippen LogP contribution >= 0.6 is 11.8 Å². The van der Waals surface area contributed by atoms with Crippen molar-refractivity contribution in [1.82, 2.24) is 14.8 Å². The molecule has 2 aliphatic rings. The van der Waals surface area contributed by atoms with Crippen molar-refractivity contribution in [3.8, 4) is 17.1 Å². The molecule has 1 atom stereocenters. The van der Waals surface area contributed by atoms with Crippen LogP contribution in [0.2, 0.25) is 0 Å². The van der Waals surface area contributed by atoms with E-state index < -0.39 is 0 Å². The van der Waals surface area contributed by atoms with Gasteiger partial charge in [-0.05, 0) is 62.8 Å². The van der Waals surface area contributed by atoms with Crippen LogP contribution in [0.4, 0.5) is 0 Å². The Morgan fingerprint density at radius 1 is 1.14 bits per heavy atom. The predicted octanol–water partition coefficient (Wildman–Crippen LogP) is 3.80. The number of benzene rings is 1. The van der Waals surface area contributed by atoms with E-state index in [0.29, 0.717) is 17.5 Å². The van der Waals surface area contributed by atoms with Gasteiger partial charge in [0.05, 0.1) is 18.4 Å². The van der Waals surface area contributed by atoms with Crippen LogP contribution in [0, 0.1) is 0 Å². The number of aromatic hydroxyl groups is 1. The number of carbonyl (C=O) groups excluding carboxylic acids is 1. The van der Waals surface area contributed by atoms with Gasteiger partial charge >= 0.3 is 5.97 Å². The lowest BCUT2D eigenvalue weighted by Gasteiger charge is -2.21. The number of ether oxygens (including phenoxy) is 2. The zero-order chi connectivity index (χ0) is 20.1. The molecule has 2 heterocycles. The fraction of sp³-hybridized carbons (Fsp3) is 0.571. The molecular weight excluding hydrogens is 390 g/mol. The molecule has 0 spiro atoms. The van der Waals surface area contributed by atoms with Crippen LogP contribution in [0.25, 0.3) is 11.4 Å². The summed E-state index contributed by atoms with van der Waals surface area (Å²) in [5.74, 6) is 0.942. The predicted molar refractivity (Wildman–Crippen MR) is 110 cm³/mol. The van der Waals surface area contributed by atoms with E-state index in [1.807, 2.05) is 16.7 Å². The molecule has 7 nitrogen and oxygen atoms in total. The van der Waals surface area contributed by atoms with E-state index in [-0.39, 0.29) is 29.7 Å². The molecule has 0 bridgehead atoms. The molecule has 8 heteroatoms. The second-order valence-electron chi connectivity index (χ2n) is 7.64. The quantitative estimate of drug-likeness (QED) is 0.542. The summed E-state index contributed by atoms with van der Waals surface area (Å²) in [5, 5.41) is 18.9. The minimum Gasteiger partial charge on any atom is -0.508 e. The van der Waals surface area contributed by atoms with Gasteiger partial charge in [0.15, 0.2) is 11.0 Å². The van der Waals surface area contributed by atoms with Crippen LogP contribution < -0.4 is 0 Å². The fourth-order valence-corrected chi connectivity index (χ4v) is 4.63. The third-order valence-electron chi connectivity index (χ3n) is 5.42. The average molecular weight is 418 g/mol. The molecule has 29 heavy (non-hydrogen) atoms. The maximum Gasteiger partial charge on any atom is 0.316 e. The van der Waals surface area contributed by atoms with Gasteiger partial charge in [-0.1, -0.05) is 18.2 Å². The summed E-state index contributed by atoms with van der Waals surface area (Å²) < 4.78 is 13.4. The fourth-order valence-electron chi connectivity index (χ4n) is 3.90. The molecule has 1 aromatic heterocycles. The molecule has 4 rings (SSSR count). The second kappa shape index (κ2) is 9.63. The summed E-state index contributed by atoms with van der Waals surface area (Å²) in [7, 11) is 0. The second-order valence-corrected chi connectivity index (χ2v) is 8.58. The van der Waals surface area contributed by atoms with Crippen LogP contribution in [-0.2, 0) is 20.8 Å². The average Bonchev–Trinajstić information content (AvgIpc) is 3.38. The van der Waals surface area contributed by atoms with Crippen molar-refractivity contribution >= 4 is 17.7 Å². The number of carbonyl (C=O) groups is 1. The maximum absolute atomic E-state index is 12.3. The van der Waals surface area contributed by atoms with Gasteiger partial charge in [-0.25, -0.2) is 0 Å². The number of thioether (sulfide) groups is 1. The molecule has 0 radical (unpaired) electrons. The Labute approximate surface area is 174 Å². The Hall–Kier alpha value is -2.06. The largest absolute Gasteiger partial charge is 0.508 e. The van der Waals surface area contributed by atoms with Crippen LogP contribution in [0.5, 0.6) is 5.75 Å². The monoisotopic (exact) mass is 417 g/mol. The first-order valence-electron chi connectivity index (χ1n) is 10.4. The lowest BCUT2D eigenvalue weighted by Crippen LogP contribution is -2.22. The van der Waals surface area contributed by atoms with Crippen molar-refractivity contribution in [3.63, 3.8) is 0 Å². The molecule has 1 N–H and O–H groups in total. The topological polar surface area (TPSA) is 86.5 Å². The Balaban J connectivity index is 1.46. The van der Waals surface area contributed by atoms with Crippen molar-refractivity contribution in [1.29, 1.82) is 0 Å². The summed E-state index contributed by atoms with van der Waals surface area (Å²) in [4.78, 5) is 12.3. The first-order valence-corrected chi connectivity index (χ1v) is 11.3. The van der Waals surface area contributed by atoms with Gasteiger partial charge in [-0.15, -0.1) is 10.2 Å².